The van der Waals surface area contributed by atoms with Crippen molar-refractivity contribution in [2.45, 2.75) is 57.8 Å². The van der Waals surface area contributed by atoms with Crippen LogP contribution in [0.15, 0.2) is 41.4 Å². The van der Waals surface area contributed by atoms with Crippen LogP contribution in [0, 0.1) is 20.8 Å². The van der Waals surface area contributed by atoms with E-state index >= 15 is 0 Å². The highest BCUT2D eigenvalue weighted by Gasteiger charge is 2.33. The van der Waals surface area contributed by atoms with Crippen molar-refractivity contribution in [3.63, 3.8) is 0 Å². The van der Waals surface area contributed by atoms with Crippen LogP contribution in [0.3, 0.4) is 0 Å². The first-order chi connectivity index (χ1) is 12.2. The molecule has 0 amide bonds. The normalized spacial score (nSPS) is 19.9. The molecule has 26 heavy (non-hydrogen) atoms. The minimum atomic E-state index is -3.61. The van der Waals surface area contributed by atoms with Crippen LogP contribution in [0.2, 0.25) is 0 Å². The highest BCUT2D eigenvalue weighted by atomic mass is 32.2. The number of aromatic nitrogens is 1. The number of hydrogen-bond acceptors (Lipinski definition) is 2. The van der Waals surface area contributed by atoms with Crippen molar-refractivity contribution in [3.05, 3.63) is 64.3 Å². The van der Waals surface area contributed by atoms with E-state index in [1.807, 2.05) is 25.1 Å². The number of aryl methyl sites for hydroxylation is 2. The zero-order valence-corrected chi connectivity index (χ0v) is 16.8. The van der Waals surface area contributed by atoms with Gasteiger partial charge < -0.3 is 0 Å². The number of fused-ring (bicyclic) bond motifs is 3. The Morgan fingerprint density at radius 3 is 2.15 bits per heavy atom. The van der Waals surface area contributed by atoms with E-state index in [-0.39, 0.29) is 0 Å². The van der Waals surface area contributed by atoms with Gasteiger partial charge in [0.05, 0.1) is 10.4 Å². The topological polar surface area (TPSA) is 39.1 Å². The monoisotopic (exact) mass is 367 g/mol. The van der Waals surface area contributed by atoms with E-state index < -0.39 is 10.0 Å². The first kappa shape index (κ1) is 17.3. The number of nitrogens with zero attached hydrogens (tertiary/aromatic N) is 1. The highest BCUT2D eigenvalue weighted by molar-refractivity contribution is 7.90. The van der Waals surface area contributed by atoms with Gasteiger partial charge in [-0.15, -0.1) is 0 Å². The largest absolute Gasteiger partial charge is 0.268 e. The maximum absolute atomic E-state index is 13.4. The van der Waals surface area contributed by atoms with Crippen LogP contribution in [0.4, 0.5) is 0 Å². The Hall–Kier alpha value is -2.07. The van der Waals surface area contributed by atoms with Crippen molar-refractivity contribution in [2.24, 2.45) is 0 Å². The molecule has 0 radical (unpaired) electrons. The Balaban J connectivity index is 2.07. The molecule has 0 saturated carbocycles. The number of hydrogen-bond donors (Lipinski definition) is 0. The molecule has 1 aliphatic carbocycles. The smallest absolute Gasteiger partial charge is 0.241 e. The summed E-state index contributed by atoms with van der Waals surface area (Å²) in [5.41, 5.74) is 7.00. The zero-order valence-electron chi connectivity index (χ0n) is 16.0. The third-order valence-corrected chi connectivity index (χ3v) is 7.73. The van der Waals surface area contributed by atoms with Crippen molar-refractivity contribution in [3.8, 4) is 0 Å². The van der Waals surface area contributed by atoms with Gasteiger partial charge in [-0.3, -0.25) is 0 Å². The molecule has 4 heteroatoms. The SMILES string of the molecule is Cc1ccc(S(=O)(=O)n2ccc3c(C)c(C)c4c(c32)[C@H](C)C[C@@H]4C)cc1. The van der Waals surface area contributed by atoms with Gasteiger partial charge in [0.2, 0.25) is 0 Å². The molecule has 0 saturated heterocycles. The van der Waals surface area contributed by atoms with Gasteiger partial charge in [-0.1, -0.05) is 31.5 Å². The van der Waals surface area contributed by atoms with Crippen LogP contribution in [0.1, 0.15) is 59.9 Å². The van der Waals surface area contributed by atoms with E-state index in [4.69, 9.17) is 0 Å². The first-order valence-corrected chi connectivity index (χ1v) is 10.6. The minimum Gasteiger partial charge on any atom is -0.241 e. The molecule has 3 nitrogen and oxygen atoms in total. The van der Waals surface area contributed by atoms with Gasteiger partial charge in [-0.2, -0.15) is 0 Å². The molecule has 0 N–H and O–H groups in total. The Kier molecular flexibility index (Phi) is 3.81. The predicted octanol–water partition coefficient (Wildman–Crippen LogP) is 5.41. The number of rotatable bonds is 2. The Labute approximate surface area is 155 Å². The summed E-state index contributed by atoms with van der Waals surface area (Å²) in [4.78, 5) is 0.339. The Morgan fingerprint density at radius 1 is 0.885 bits per heavy atom. The molecule has 2 aromatic carbocycles. The van der Waals surface area contributed by atoms with Crippen LogP contribution >= 0.6 is 0 Å². The van der Waals surface area contributed by atoms with Gasteiger partial charge in [-0.05, 0) is 79.5 Å². The molecular formula is C22H25NO2S. The zero-order chi connectivity index (χ0) is 18.8. The quantitative estimate of drug-likeness (QED) is 0.607. The van der Waals surface area contributed by atoms with Crippen molar-refractivity contribution < 1.29 is 8.42 Å². The van der Waals surface area contributed by atoms with Crippen molar-refractivity contribution in [2.75, 3.05) is 0 Å². The van der Waals surface area contributed by atoms with Gasteiger partial charge in [-0.25, -0.2) is 12.4 Å². The summed E-state index contributed by atoms with van der Waals surface area (Å²) in [6.45, 7) is 10.7. The molecule has 1 heterocycles. The maximum Gasteiger partial charge on any atom is 0.268 e. The number of benzene rings is 2. The molecule has 1 aromatic heterocycles. The highest BCUT2D eigenvalue weighted by Crippen LogP contribution is 2.48. The minimum absolute atomic E-state index is 0.339. The third kappa shape index (κ3) is 2.28. The fourth-order valence-corrected chi connectivity index (χ4v) is 6.00. The van der Waals surface area contributed by atoms with Gasteiger partial charge in [0, 0.05) is 11.6 Å². The first-order valence-electron chi connectivity index (χ1n) is 9.19. The lowest BCUT2D eigenvalue weighted by molar-refractivity contribution is 0.589. The summed E-state index contributed by atoms with van der Waals surface area (Å²) >= 11 is 0. The van der Waals surface area contributed by atoms with E-state index in [0.29, 0.717) is 16.7 Å². The molecule has 136 valence electrons. The molecule has 4 rings (SSSR count). The van der Waals surface area contributed by atoms with Crippen molar-refractivity contribution in [1.82, 2.24) is 3.97 Å². The lowest BCUT2D eigenvalue weighted by Crippen LogP contribution is -2.13. The predicted molar refractivity (Wildman–Crippen MR) is 107 cm³/mol. The molecular weight excluding hydrogens is 342 g/mol. The fraction of sp³-hybridized carbons (Fsp3) is 0.364. The second-order valence-corrected chi connectivity index (χ2v) is 9.62. The average Bonchev–Trinajstić information content (AvgIpc) is 3.14. The van der Waals surface area contributed by atoms with Crippen LogP contribution in [-0.4, -0.2) is 12.4 Å². The summed E-state index contributed by atoms with van der Waals surface area (Å²) in [5.74, 6) is 0.831. The second kappa shape index (κ2) is 5.71. The molecule has 0 spiro atoms. The van der Waals surface area contributed by atoms with E-state index in [9.17, 15) is 8.42 Å². The molecule has 0 unspecified atom stereocenters. The summed E-state index contributed by atoms with van der Waals surface area (Å²) < 4.78 is 28.2. The summed E-state index contributed by atoms with van der Waals surface area (Å²) in [6, 6.07) is 9.05. The van der Waals surface area contributed by atoms with Crippen molar-refractivity contribution in [1.29, 1.82) is 0 Å². The molecule has 0 aliphatic heterocycles. The molecule has 1 aliphatic rings. The fourth-order valence-electron chi connectivity index (χ4n) is 4.64. The van der Waals surface area contributed by atoms with Gasteiger partial charge in [0.25, 0.3) is 10.0 Å². The summed E-state index contributed by atoms with van der Waals surface area (Å²) in [6.07, 6.45) is 2.80. The standard InChI is InChI=1S/C22H25NO2S/c1-13-6-8-18(9-7-13)26(24,25)23-11-10-19-16(4)17(5)20-14(2)12-15(3)21(20)22(19)23/h6-11,14-15H,12H2,1-5H3/t14-,15+/m0/s1. The molecule has 0 fully saturated rings. The van der Waals surface area contributed by atoms with E-state index in [2.05, 4.69) is 27.7 Å². The summed E-state index contributed by atoms with van der Waals surface area (Å²) in [5, 5.41) is 1.05. The Bertz CT molecular complexity index is 1120. The lowest BCUT2D eigenvalue weighted by atomic mass is 9.91. The van der Waals surface area contributed by atoms with Gasteiger partial charge >= 0.3 is 0 Å². The van der Waals surface area contributed by atoms with Crippen LogP contribution < -0.4 is 0 Å². The third-order valence-electron chi connectivity index (χ3n) is 6.04. The van der Waals surface area contributed by atoms with E-state index in [1.54, 1.807) is 18.3 Å². The second-order valence-electron chi connectivity index (χ2n) is 7.81. The Morgan fingerprint density at radius 2 is 1.50 bits per heavy atom. The van der Waals surface area contributed by atoms with Crippen LogP contribution in [-0.2, 0) is 10.0 Å². The van der Waals surface area contributed by atoms with Gasteiger partial charge in [0.15, 0.2) is 0 Å². The summed E-state index contributed by atoms with van der Waals surface area (Å²) in [7, 11) is -3.61. The molecule has 2 atom stereocenters. The van der Waals surface area contributed by atoms with Crippen molar-refractivity contribution >= 4 is 20.9 Å². The maximum atomic E-state index is 13.4. The van der Waals surface area contributed by atoms with E-state index in [0.717, 1.165) is 22.9 Å². The van der Waals surface area contributed by atoms with Gasteiger partial charge in [0.1, 0.15) is 0 Å². The molecule has 3 aromatic rings. The lowest BCUT2D eigenvalue weighted by Gasteiger charge is -2.17. The van der Waals surface area contributed by atoms with E-state index in [1.165, 1.54) is 26.2 Å². The van der Waals surface area contributed by atoms with Crippen LogP contribution in [0.5, 0.6) is 0 Å². The van der Waals surface area contributed by atoms with Crippen LogP contribution in [0.25, 0.3) is 10.9 Å². The molecule has 0 bridgehead atoms. The average molecular weight is 368 g/mol.